The highest BCUT2D eigenvalue weighted by Crippen LogP contribution is 2.36. The molecule has 2 aliphatic rings. The monoisotopic (exact) mass is 348 g/mol. The second-order valence-corrected chi connectivity index (χ2v) is 7.26. The molecule has 138 valence electrons. The standard InChI is InChI=1S/C17H28N6O2/c1-18-14-4-7-19-16(20-14)23-9-6-17(25)5-8-22(10-13(17)11-23)12-15(24)21(2)3/h4,7,13,25H,5-6,8-12H2,1-3H3,(H,18,19,20)/t13-,17-/m0/s1. The maximum absolute atomic E-state index is 12.0. The molecule has 0 aromatic carbocycles. The second-order valence-electron chi connectivity index (χ2n) is 7.26. The Morgan fingerprint density at radius 1 is 1.40 bits per heavy atom. The average molecular weight is 348 g/mol. The van der Waals surface area contributed by atoms with Crippen molar-refractivity contribution in [1.29, 1.82) is 0 Å². The molecule has 0 radical (unpaired) electrons. The molecule has 0 aliphatic carbocycles. The van der Waals surface area contributed by atoms with Crippen LogP contribution in [0.2, 0.25) is 0 Å². The number of hydrogen-bond acceptors (Lipinski definition) is 7. The largest absolute Gasteiger partial charge is 0.389 e. The van der Waals surface area contributed by atoms with E-state index in [1.54, 1.807) is 25.2 Å². The van der Waals surface area contributed by atoms with Gasteiger partial charge in [-0.3, -0.25) is 9.69 Å². The first kappa shape index (κ1) is 17.9. The molecule has 2 saturated heterocycles. The van der Waals surface area contributed by atoms with E-state index in [1.165, 1.54) is 0 Å². The number of likely N-dealkylation sites (tertiary alicyclic amines) is 1. The zero-order valence-corrected chi connectivity index (χ0v) is 15.3. The van der Waals surface area contributed by atoms with Crippen molar-refractivity contribution in [3.05, 3.63) is 12.3 Å². The molecule has 8 nitrogen and oxygen atoms in total. The van der Waals surface area contributed by atoms with Gasteiger partial charge in [0.15, 0.2) is 0 Å². The van der Waals surface area contributed by atoms with Crippen LogP contribution in [0.1, 0.15) is 12.8 Å². The number of carbonyl (C=O) groups is 1. The summed E-state index contributed by atoms with van der Waals surface area (Å²) >= 11 is 0. The summed E-state index contributed by atoms with van der Waals surface area (Å²) in [7, 11) is 5.38. The van der Waals surface area contributed by atoms with Crippen LogP contribution in [0.15, 0.2) is 12.3 Å². The Bertz CT molecular complexity index is 625. The van der Waals surface area contributed by atoms with Gasteiger partial charge in [0, 0.05) is 59.4 Å². The molecule has 2 fully saturated rings. The minimum Gasteiger partial charge on any atom is -0.389 e. The van der Waals surface area contributed by atoms with E-state index in [0.29, 0.717) is 31.9 Å². The molecule has 0 saturated carbocycles. The number of rotatable bonds is 4. The molecule has 25 heavy (non-hydrogen) atoms. The molecule has 3 heterocycles. The van der Waals surface area contributed by atoms with Crippen LogP contribution in [-0.2, 0) is 4.79 Å². The average Bonchev–Trinajstić information content (AvgIpc) is 2.61. The van der Waals surface area contributed by atoms with Crippen molar-refractivity contribution in [3.8, 4) is 0 Å². The highest BCUT2D eigenvalue weighted by Gasteiger charge is 2.45. The molecule has 3 rings (SSSR count). The Balaban J connectivity index is 1.69. The van der Waals surface area contributed by atoms with Crippen molar-refractivity contribution >= 4 is 17.7 Å². The van der Waals surface area contributed by atoms with Gasteiger partial charge in [-0.2, -0.15) is 4.98 Å². The van der Waals surface area contributed by atoms with Crippen LogP contribution in [0.25, 0.3) is 0 Å². The number of nitrogens with one attached hydrogen (secondary N) is 1. The number of piperidine rings is 2. The Morgan fingerprint density at radius 2 is 2.16 bits per heavy atom. The number of likely N-dealkylation sites (N-methyl/N-ethyl adjacent to an activating group) is 1. The SMILES string of the molecule is CNc1ccnc(N2CC[C@@]3(O)CCN(CC(=O)N(C)C)C[C@H]3C2)n1. The van der Waals surface area contributed by atoms with Gasteiger partial charge in [0.1, 0.15) is 5.82 Å². The molecule has 1 aromatic heterocycles. The molecule has 0 unspecified atom stereocenters. The molecule has 8 heteroatoms. The normalized spacial score (nSPS) is 26.9. The summed E-state index contributed by atoms with van der Waals surface area (Å²) in [5, 5.41) is 14.0. The Labute approximate surface area is 148 Å². The van der Waals surface area contributed by atoms with E-state index < -0.39 is 5.60 Å². The van der Waals surface area contributed by atoms with Gasteiger partial charge in [0.25, 0.3) is 0 Å². The predicted octanol–water partition coefficient (Wildman–Crippen LogP) is -0.130. The Kier molecular flexibility index (Phi) is 5.10. The van der Waals surface area contributed by atoms with E-state index in [9.17, 15) is 9.90 Å². The van der Waals surface area contributed by atoms with Gasteiger partial charge in [-0.25, -0.2) is 4.98 Å². The summed E-state index contributed by atoms with van der Waals surface area (Å²) in [5.74, 6) is 1.66. The number of nitrogens with zero attached hydrogens (tertiary/aromatic N) is 5. The van der Waals surface area contributed by atoms with E-state index in [-0.39, 0.29) is 11.8 Å². The summed E-state index contributed by atoms with van der Waals surface area (Å²) < 4.78 is 0. The van der Waals surface area contributed by atoms with E-state index in [1.807, 2.05) is 13.1 Å². The van der Waals surface area contributed by atoms with Gasteiger partial charge >= 0.3 is 0 Å². The third-order valence-electron chi connectivity index (χ3n) is 5.39. The second kappa shape index (κ2) is 7.13. The Hall–Kier alpha value is -1.93. The van der Waals surface area contributed by atoms with Gasteiger partial charge in [0.05, 0.1) is 12.1 Å². The molecule has 2 atom stereocenters. The third-order valence-corrected chi connectivity index (χ3v) is 5.39. The molecule has 1 amide bonds. The van der Waals surface area contributed by atoms with Gasteiger partial charge in [-0.05, 0) is 18.9 Å². The van der Waals surface area contributed by atoms with Crippen LogP contribution in [0.4, 0.5) is 11.8 Å². The van der Waals surface area contributed by atoms with Gasteiger partial charge in [-0.15, -0.1) is 0 Å². The van der Waals surface area contributed by atoms with Gasteiger partial charge in [0.2, 0.25) is 11.9 Å². The molecule has 1 aromatic rings. The lowest BCUT2D eigenvalue weighted by Gasteiger charge is -2.50. The summed E-state index contributed by atoms with van der Waals surface area (Å²) in [6.45, 7) is 3.34. The molecule has 2 aliphatic heterocycles. The van der Waals surface area contributed by atoms with E-state index >= 15 is 0 Å². The lowest BCUT2D eigenvalue weighted by atomic mass is 9.75. The van der Waals surface area contributed by atoms with Crippen molar-refractivity contribution < 1.29 is 9.90 Å². The summed E-state index contributed by atoms with van der Waals surface area (Å²) in [6.07, 6.45) is 3.17. The lowest BCUT2D eigenvalue weighted by molar-refractivity contribution is -0.133. The van der Waals surface area contributed by atoms with Crippen molar-refractivity contribution in [2.45, 2.75) is 18.4 Å². The molecule has 2 N–H and O–H groups in total. The third kappa shape index (κ3) is 3.85. The van der Waals surface area contributed by atoms with Gasteiger partial charge in [-0.1, -0.05) is 0 Å². The van der Waals surface area contributed by atoms with E-state index in [0.717, 1.165) is 25.5 Å². The minimum absolute atomic E-state index is 0.0896. The van der Waals surface area contributed by atoms with Crippen LogP contribution in [-0.4, -0.2) is 90.2 Å². The quantitative estimate of drug-likeness (QED) is 0.784. The number of aromatic nitrogens is 2. The van der Waals surface area contributed by atoms with Crippen molar-refractivity contribution in [1.82, 2.24) is 19.8 Å². The number of carbonyl (C=O) groups excluding carboxylic acids is 1. The fourth-order valence-electron chi connectivity index (χ4n) is 3.67. The van der Waals surface area contributed by atoms with Crippen LogP contribution >= 0.6 is 0 Å². The summed E-state index contributed by atoms with van der Waals surface area (Å²) in [5.41, 5.74) is -0.644. The number of hydrogen-bond donors (Lipinski definition) is 2. The minimum atomic E-state index is -0.644. The molecule has 0 spiro atoms. The van der Waals surface area contributed by atoms with Gasteiger partial charge < -0.3 is 20.2 Å². The van der Waals surface area contributed by atoms with Crippen LogP contribution in [0.5, 0.6) is 0 Å². The Morgan fingerprint density at radius 3 is 2.88 bits per heavy atom. The smallest absolute Gasteiger partial charge is 0.236 e. The fourth-order valence-corrected chi connectivity index (χ4v) is 3.67. The van der Waals surface area contributed by atoms with Crippen molar-refractivity contribution in [3.63, 3.8) is 0 Å². The highest BCUT2D eigenvalue weighted by molar-refractivity contribution is 5.77. The van der Waals surface area contributed by atoms with E-state index in [2.05, 4.69) is 25.1 Å². The van der Waals surface area contributed by atoms with Crippen LogP contribution in [0, 0.1) is 5.92 Å². The summed E-state index contributed by atoms with van der Waals surface area (Å²) in [6, 6.07) is 1.83. The lowest BCUT2D eigenvalue weighted by Crippen LogP contribution is -2.61. The first-order valence-corrected chi connectivity index (χ1v) is 8.82. The van der Waals surface area contributed by atoms with Crippen LogP contribution in [0.3, 0.4) is 0 Å². The van der Waals surface area contributed by atoms with Crippen molar-refractivity contribution in [2.75, 3.05) is 64.1 Å². The maximum atomic E-state index is 12.0. The topological polar surface area (TPSA) is 84.8 Å². The molecular formula is C17H28N6O2. The van der Waals surface area contributed by atoms with Crippen molar-refractivity contribution in [2.24, 2.45) is 5.92 Å². The maximum Gasteiger partial charge on any atom is 0.236 e. The first-order valence-electron chi connectivity index (χ1n) is 8.82. The number of fused-ring (bicyclic) bond motifs is 1. The first-order chi connectivity index (χ1) is 11.9. The number of aliphatic hydroxyl groups is 1. The molecular weight excluding hydrogens is 320 g/mol. The van der Waals surface area contributed by atoms with Crippen LogP contribution < -0.4 is 10.2 Å². The number of amides is 1. The fraction of sp³-hybridized carbons (Fsp3) is 0.706. The molecule has 0 bridgehead atoms. The number of anilines is 2. The van der Waals surface area contributed by atoms with E-state index in [4.69, 9.17) is 0 Å². The zero-order valence-electron chi connectivity index (χ0n) is 15.3. The summed E-state index contributed by atoms with van der Waals surface area (Å²) in [4.78, 5) is 26.8. The predicted molar refractivity (Wildman–Crippen MR) is 96.6 cm³/mol. The zero-order chi connectivity index (χ0) is 18.0. The highest BCUT2D eigenvalue weighted by atomic mass is 16.3.